The highest BCUT2D eigenvalue weighted by molar-refractivity contribution is 7.09. The summed E-state index contributed by atoms with van der Waals surface area (Å²) >= 11 is 1.66. The van der Waals surface area contributed by atoms with Crippen LogP contribution in [-0.4, -0.2) is 55.2 Å². The average molecular weight is 345 g/mol. The van der Waals surface area contributed by atoms with Gasteiger partial charge in [-0.1, -0.05) is 24.3 Å². The summed E-state index contributed by atoms with van der Waals surface area (Å²) in [6.45, 7) is 6.26. The molecular weight excluding hydrogens is 322 g/mol. The smallest absolute Gasteiger partial charge is 0.234 e. The van der Waals surface area contributed by atoms with Crippen molar-refractivity contribution in [3.8, 4) is 11.3 Å². The van der Waals surface area contributed by atoms with Crippen molar-refractivity contribution >= 4 is 17.2 Å². The zero-order valence-electron chi connectivity index (χ0n) is 14.0. The molecule has 6 heteroatoms. The van der Waals surface area contributed by atoms with Crippen molar-refractivity contribution in [2.45, 2.75) is 13.3 Å². The van der Waals surface area contributed by atoms with E-state index in [4.69, 9.17) is 4.74 Å². The summed E-state index contributed by atoms with van der Waals surface area (Å²) in [6, 6.07) is 8.41. The van der Waals surface area contributed by atoms with Crippen LogP contribution in [0.4, 0.5) is 0 Å². The Morgan fingerprint density at radius 1 is 1.29 bits per heavy atom. The molecule has 128 valence electrons. The molecule has 1 aliphatic heterocycles. The fourth-order valence-electron chi connectivity index (χ4n) is 2.70. The number of rotatable bonds is 6. The highest BCUT2D eigenvalue weighted by Crippen LogP contribution is 2.21. The van der Waals surface area contributed by atoms with Crippen LogP contribution in [-0.2, 0) is 16.0 Å². The zero-order chi connectivity index (χ0) is 16.8. The van der Waals surface area contributed by atoms with Gasteiger partial charge in [0, 0.05) is 30.6 Å². The summed E-state index contributed by atoms with van der Waals surface area (Å²) < 4.78 is 5.29. The van der Waals surface area contributed by atoms with Crippen LogP contribution in [0.3, 0.4) is 0 Å². The van der Waals surface area contributed by atoms with Gasteiger partial charge in [0.1, 0.15) is 0 Å². The third-order valence-corrected chi connectivity index (χ3v) is 4.85. The maximum absolute atomic E-state index is 11.9. The Morgan fingerprint density at radius 2 is 2.04 bits per heavy atom. The number of aryl methyl sites for hydroxylation is 1. The number of carbonyl (C=O) groups excluding carboxylic acids is 1. The molecule has 3 rings (SSSR count). The quantitative estimate of drug-likeness (QED) is 0.871. The Bertz CT molecular complexity index is 663. The minimum absolute atomic E-state index is 0.0893. The molecular formula is C18H23N3O2S. The van der Waals surface area contributed by atoms with E-state index in [9.17, 15) is 4.79 Å². The molecule has 1 fully saturated rings. The monoisotopic (exact) mass is 345 g/mol. The predicted molar refractivity (Wildman–Crippen MR) is 96.3 cm³/mol. The third-order valence-electron chi connectivity index (χ3n) is 4.08. The molecule has 0 saturated carbocycles. The lowest BCUT2D eigenvalue weighted by Crippen LogP contribution is -2.43. The largest absolute Gasteiger partial charge is 0.379 e. The van der Waals surface area contributed by atoms with Gasteiger partial charge in [-0.25, -0.2) is 4.98 Å². The molecule has 5 nitrogen and oxygen atoms in total. The van der Waals surface area contributed by atoms with Crippen LogP contribution in [0.1, 0.15) is 10.6 Å². The molecule has 24 heavy (non-hydrogen) atoms. The molecule has 1 aromatic carbocycles. The first kappa shape index (κ1) is 17.1. The fourth-order valence-corrected chi connectivity index (χ4v) is 3.32. The van der Waals surface area contributed by atoms with Gasteiger partial charge in [-0.05, 0) is 18.9 Å². The molecule has 0 bridgehead atoms. The molecule has 0 atom stereocenters. The molecule has 0 unspecified atom stereocenters. The average Bonchev–Trinajstić information content (AvgIpc) is 3.03. The number of ether oxygens (including phenoxy) is 1. The Kier molecular flexibility index (Phi) is 5.96. The number of nitrogens with zero attached hydrogens (tertiary/aromatic N) is 2. The molecule has 2 aromatic rings. The molecule has 2 heterocycles. The van der Waals surface area contributed by atoms with Crippen molar-refractivity contribution in [3.63, 3.8) is 0 Å². The minimum Gasteiger partial charge on any atom is -0.379 e. The van der Waals surface area contributed by atoms with Gasteiger partial charge in [0.2, 0.25) is 5.91 Å². The normalized spacial score (nSPS) is 15.4. The number of nitrogens with one attached hydrogen (secondary N) is 1. The minimum atomic E-state index is 0.0893. The Morgan fingerprint density at radius 3 is 2.71 bits per heavy atom. The Hall–Kier alpha value is -1.76. The van der Waals surface area contributed by atoms with Gasteiger partial charge < -0.3 is 10.1 Å². The van der Waals surface area contributed by atoms with Crippen LogP contribution in [0.25, 0.3) is 11.3 Å². The Balaban J connectivity index is 1.42. The number of amides is 1. The second-order valence-electron chi connectivity index (χ2n) is 5.94. The number of carbonyl (C=O) groups is 1. The van der Waals surface area contributed by atoms with Crippen molar-refractivity contribution in [1.82, 2.24) is 15.2 Å². The molecule has 1 N–H and O–H groups in total. The lowest BCUT2D eigenvalue weighted by Gasteiger charge is -2.25. The summed E-state index contributed by atoms with van der Waals surface area (Å²) in [6.07, 6.45) is 0.839. The molecule has 0 radical (unpaired) electrons. The van der Waals surface area contributed by atoms with Crippen LogP contribution in [0.15, 0.2) is 29.6 Å². The second kappa shape index (κ2) is 8.37. The lowest BCUT2D eigenvalue weighted by molar-refractivity contribution is -0.123. The number of hydrogen-bond donors (Lipinski definition) is 1. The van der Waals surface area contributed by atoms with Crippen molar-refractivity contribution in [3.05, 3.63) is 40.2 Å². The molecule has 1 aromatic heterocycles. The van der Waals surface area contributed by atoms with E-state index in [0.29, 0.717) is 13.1 Å². The Labute approximate surface area is 146 Å². The molecule has 1 saturated heterocycles. The van der Waals surface area contributed by atoms with Gasteiger partial charge in [-0.15, -0.1) is 11.3 Å². The maximum Gasteiger partial charge on any atom is 0.234 e. The highest BCUT2D eigenvalue weighted by atomic mass is 32.1. The molecule has 0 spiro atoms. The number of thiazole rings is 1. The van der Waals surface area contributed by atoms with E-state index in [1.165, 1.54) is 5.56 Å². The van der Waals surface area contributed by atoms with E-state index >= 15 is 0 Å². The number of morpholine rings is 1. The summed E-state index contributed by atoms with van der Waals surface area (Å²) in [7, 11) is 0. The molecule has 1 amide bonds. The summed E-state index contributed by atoms with van der Waals surface area (Å²) in [5, 5.41) is 6.16. The van der Waals surface area contributed by atoms with Crippen molar-refractivity contribution in [1.29, 1.82) is 0 Å². The summed E-state index contributed by atoms with van der Waals surface area (Å²) in [5.74, 6) is 0.0893. The number of aromatic nitrogens is 1. The van der Waals surface area contributed by atoms with E-state index in [1.54, 1.807) is 11.3 Å². The SMILES string of the molecule is Cc1nc(-c2ccc(CCNC(=O)CN3CCOCC3)cc2)cs1. The highest BCUT2D eigenvalue weighted by Gasteiger charge is 2.13. The van der Waals surface area contributed by atoms with Crippen LogP contribution in [0, 0.1) is 6.92 Å². The lowest BCUT2D eigenvalue weighted by atomic mass is 10.1. The van der Waals surface area contributed by atoms with Gasteiger partial charge in [0.15, 0.2) is 0 Å². The van der Waals surface area contributed by atoms with E-state index in [2.05, 4.69) is 44.8 Å². The first-order chi connectivity index (χ1) is 11.7. The maximum atomic E-state index is 11.9. The first-order valence-electron chi connectivity index (χ1n) is 8.29. The first-order valence-corrected chi connectivity index (χ1v) is 9.17. The number of hydrogen-bond acceptors (Lipinski definition) is 5. The summed E-state index contributed by atoms with van der Waals surface area (Å²) in [5.41, 5.74) is 3.39. The second-order valence-corrected chi connectivity index (χ2v) is 7.00. The van der Waals surface area contributed by atoms with E-state index in [1.807, 2.05) is 6.92 Å². The molecule has 0 aliphatic carbocycles. The van der Waals surface area contributed by atoms with Gasteiger partial charge in [0.05, 0.1) is 30.5 Å². The van der Waals surface area contributed by atoms with Gasteiger partial charge in [-0.2, -0.15) is 0 Å². The topological polar surface area (TPSA) is 54.5 Å². The summed E-state index contributed by atoms with van der Waals surface area (Å²) in [4.78, 5) is 18.6. The standard InChI is InChI=1S/C18H23N3O2S/c1-14-20-17(13-24-14)16-4-2-15(3-5-16)6-7-19-18(22)12-21-8-10-23-11-9-21/h2-5,13H,6-12H2,1H3,(H,19,22). The van der Waals surface area contributed by atoms with Crippen molar-refractivity contribution in [2.24, 2.45) is 0 Å². The van der Waals surface area contributed by atoms with Crippen LogP contribution in [0.2, 0.25) is 0 Å². The third kappa shape index (κ3) is 4.87. The van der Waals surface area contributed by atoms with E-state index in [-0.39, 0.29) is 5.91 Å². The van der Waals surface area contributed by atoms with Gasteiger partial charge in [-0.3, -0.25) is 9.69 Å². The number of benzene rings is 1. The zero-order valence-corrected chi connectivity index (χ0v) is 14.8. The molecule has 1 aliphatic rings. The fraction of sp³-hybridized carbons (Fsp3) is 0.444. The van der Waals surface area contributed by atoms with Crippen LogP contribution in [0.5, 0.6) is 0 Å². The van der Waals surface area contributed by atoms with Crippen LogP contribution >= 0.6 is 11.3 Å². The van der Waals surface area contributed by atoms with Gasteiger partial charge >= 0.3 is 0 Å². The van der Waals surface area contributed by atoms with E-state index in [0.717, 1.165) is 49.0 Å². The van der Waals surface area contributed by atoms with Crippen LogP contribution < -0.4 is 5.32 Å². The van der Waals surface area contributed by atoms with Gasteiger partial charge in [0.25, 0.3) is 0 Å². The van der Waals surface area contributed by atoms with Crippen molar-refractivity contribution in [2.75, 3.05) is 39.4 Å². The van der Waals surface area contributed by atoms with E-state index < -0.39 is 0 Å². The van der Waals surface area contributed by atoms with Crippen molar-refractivity contribution < 1.29 is 9.53 Å². The predicted octanol–water partition coefficient (Wildman–Crippen LogP) is 2.11.